The van der Waals surface area contributed by atoms with E-state index in [0.29, 0.717) is 28.5 Å². The minimum absolute atomic E-state index is 0.167. The van der Waals surface area contributed by atoms with Crippen LogP contribution in [0.2, 0.25) is 0 Å². The van der Waals surface area contributed by atoms with Gasteiger partial charge in [-0.1, -0.05) is 30.3 Å². The monoisotopic (exact) mass is 403 g/mol. The van der Waals surface area contributed by atoms with E-state index < -0.39 is 0 Å². The Hall–Kier alpha value is -3.94. The van der Waals surface area contributed by atoms with E-state index in [9.17, 15) is 9.59 Å². The number of aryl methyl sites for hydroxylation is 2. The molecule has 0 aliphatic heterocycles. The van der Waals surface area contributed by atoms with Crippen molar-refractivity contribution in [2.75, 3.05) is 11.9 Å². The van der Waals surface area contributed by atoms with Crippen LogP contribution in [-0.4, -0.2) is 32.3 Å². The van der Waals surface area contributed by atoms with Gasteiger partial charge in [-0.2, -0.15) is 9.78 Å². The van der Waals surface area contributed by atoms with Crippen LogP contribution in [0.3, 0.4) is 0 Å². The Bertz CT molecular complexity index is 1310. The highest BCUT2D eigenvalue weighted by Crippen LogP contribution is 2.20. The lowest BCUT2D eigenvalue weighted by Gasteiger charge is -2.10. The fourth-order valence-electron chi connectivity index (χ4n) is 3.07. The molecular formula is C22H21N5O3. The van der Waals surface area contributed by atoms with Gasteiger partial charge < -0.3 is 10.1 Å². The van der Waals surface area contributed by atoms with Crippen LogP contribution >= 0.6 is 0 Å². The number of fused-ring (bicyclic) bond motifs is 1. The molecule has 0 radical (unpaired) electrons. The molecule has 0 fully saturated rings. The first-order chi connectivity index (χ1) is 14.4. The average molecular weight is 403 g/mol. The summed E-state index contributed by atoms with van der Waals surface area (Å²) >= 11 is 0. The maximum atomic E-state index is 12.5. The van der Waals surface area contributed by atoms with Gasteiger partial charge in [0.25, 0.3) is 11.5 Å². The zero-order valence-electron chi connectivity index (χ0n) is 16.9. The second-order valence-corrected chi connectivity index (χ2v) is 7.03. The van der Waals surface area contributed by atoms with Gasteiger partial charge in [-0.05, 0) is 43.7 Å². The number of aromatic nitrogens is 4. The van der Waals surface area contributed by atoms with E-state index in [2.05, 4.69) is 20.4 Å². The number of anilines is 1. The van der Waals surface area contributed by atoms with Gasteiger partial charge >= 0.3 is 0 Å². The van der Waals surface area contributed by atoms with Gasteiger partial charge in [-0.3, -0.25) is 14.6 Å². The zero-order chi connectivity index (χ0) is 21.3. The van der Waals surface area contributed by atoms with Crippen LogP contribution in [0.15, 0.2) is 53.3 Å². The largest absolute Gasteiger partial charge is 0.484 e. The Balaban J connectivity index is 1.50. The van der Waals surface area contributed by atoms with Gasteiger partial charge in [0.2, 0.25) is 5.95 Å². The standard InChI is InChI=1S/C22H21N5O3/c1-13-10-19(27(26-13)22-23-15(3)14(2)21(29)25-22)24-20(28)12-30-18-9-8-16-6-4-5-7-17(16)11-18/h4-11H,12H2,1-3H3,(H,24,28)(H,23,25,29). The van der Waals surface area contributed by atoms with Gasteiger partial charge in [-0.25, -0.2) is 4.98 Å². The molecule has 2 aromatic heterocycles. The maximum absolute atomic E-state index is 12.5. The number of hydrogen-bond acceptors (Lipinski definition) is 5. The topological polar surface area (TPSA) is 102 Å². The Labute approximate surface area is 172 Å². The van der Waals surface area contributed by atoms with Gasteiger partial charge in [0.05, 0.1) is 5.69 Å². The van der Waals surface area contributed by atoms with E-state index in [4.69, 9.17) is 4.74 Å². The number of ether oxygens (including phenoxy) is 1. The molecule has 8 heteroatoms. The molecule has 0 aliphatic rings. The molecule has 0 aliphatic carbocycles. The minimum Gasteiger partial charge on any atom is -0.484 e. The molecular weight excluding hydrogens is 382 g/mol. The molecule has 0 unspecified atom stereocenters. The SMILES string of the molecule is Cc1cc(NC(=O)COc2ccc3ccccc3c2)n(-c2nc(C)c(C)c(=O)[nH]2)n1. The predicted octanol–water partition coefficient (Wildman–Crippen LogP) is 3.05. The number of rotatable bonds is 5. The molecule has 0 saturated carbocycles. The molecule has 4 rings (SSSR count). The maximum Gasteiger partial charge on any atom is 0.263 e. The van der Waals surface area contributed by atoms with Crippen molar-refractivity contribution < 1.29 is 9.53 Å². The molecule has 0 saturated heterocycles. The summed E-state index contributed by atoms with van der Waals surface area (Å²) in [6.45, 7) is 5.07. The Morgan fingerprint density at radius 2 is 1.87 bits per heavy atom. The molecule has 2 heterocycles. The van der Waals surface area contributed by atoms with Crippen molar-refractivity contribution in [1.82, 2.24) is 19.7 Å². The van der Waals surface area contributed by atoms with E-state index >= 15 is 0 Å². The minimum atomic E-state index is -0.351. The van der Waals surface area contributed by atoms with Gasteiger partial charge in [0.1, 0.15) is 11.6 Å². The van der Waals surface area contributed by atoms with Crippen LogP contribution in [0.25, 0.3) is 16.7 Å². The smallest absolute Gasteiger partial charge is 0.263 e. The molecule has 2 aromatic carbocycles. The molecule has 0 atom stereocenters. The Kier molecular flexibility index (Phi) is 5.05. The Morgan fingerprint density at radius 1 is 1.10 bits per heavy atom. The Morgan fingerprint density at radius 3 is 2.63 bits per heavy atom. The number of hydrogen-bond donors (Lipinski definition) is 2. The first-order valence-electron chi connectivity index (χ1n) is 9.47. The summed E-state index contributed by atoms with van der Waals surface area (Å²) in [5.41, 5.74) is 1.56. The highest BCUT2D eigenvalue weighted by molar-refractivity contribution is 5.91. The highest BCUT2D eigenvalue weighted by atomic mass is 16.5. The van der Waals surface area contributed by atoms with Crippen LogP contribution in [0, 0.1) is 20.8 Å². The number of H-pyrrole nitrogens is 1. The van der Waals surface area contributed by atoms with E-state index in [0.717, 1.165) is 10.8 Å². The summed E-state index contributed by atoms with van der Waals surface area (Å²) in [6, 6.07) is 15.3. The van der Waals surface area contributed by atoms with Crippen molar-refractivity contribution in [2.24, 2.45) is 0 Å². The summed E-state index contributed by atoms with van der Waals surface area (Å²) in [7, 11) is 0. The molecule has 30 heavy (non-hydrogen) atoms. The summed E-state index contributed by atoms with van der Waals surface area (Å²) in [5, 5.41) is 9.23. The molecule has 4 aromatic rings. The normalized spacial score (nSPS) is 10.9. The van der Waals surface area contributed by atoms with Crippen molar-refractivity contribution >= 4 is 22.5 Å². The van der Waals surface area contributed by atoms with Gasteiger partial charge in [0.15, 0.2) is 6.61 Å². The number of amides is 1. The van der Waals surface area contributed by atoms with Gasteiger partial charge in [0, 0.05) is 17.3 Å². The van der Waals surface area contributed by atoms with Crippen molar-refractivity contribution in [1.29, 1.82) is 0 Å². The first-order valence-corrected chi connectivity index (χ1v) is 9.47. The lowest BCUT2D eigenvalue weighted by Crippen LogP contribution is -2.23. The van der Waals surface area contributed by atoms with Crippen molar-refractivity contribution in [2.45, 2.75) is 20.8 Å². The lowest BCUT2D eigenvalue weighted by atomic mass is 10.1. The van der Waals surface area contributed by atoms with Crippen molar-refractivity contribution in [3.05, 3.63) is 75.8 Å². The molecule has 8 nitrogen and oxygen atoms in total. The number of carbonyl (C=O) groups excluding carboxylic acids is 1. The summed E-state index contributed by atoms with van der Waals surface area (Å²) < 4.78 is 7.04. The molecule has 1 amide bonds. The second-order valence-electron chi connectivity index (χ2n) is 7.03. The van der Waals surface area contributed by atoms with E-state index in [1.165, 1.54) is 4.68 Å². The third-order valence-electron chi connectivity index (χ3n) is 4.77. The first kappa shape index (κ1) is 19.4. The van der Waals surface area contributed by atoms with Crippen LogP contribution in [0.5, 0.6) is 5.75 Å². The molecule has 0 bridgehead atoms. The van der Waals surface area contributed by atoms with Crippen molar-refractivity contribution in [3.8, 4) is 11.7 Å². The quantitative estimate of drug-likeness (QED) is 0.533. The predicted molar refractivity (Wildman–Crippen MR) is 114 cm³/mol. The van der Waals surface area contributed by atoms with E-state index in [1.54, 1.807) is 26.8 Å². The molecule has 2 N–H and O–H groups in total. The number of benzene rings is 2. The summed E-state index contributed by atoms with van der Waals surface area (Å²) in [6.07, 6.45) is 0. The average Bonchev–Trinajstić information content (AvgIpc) is 3.10. The number of aromatic amines is 1. The summed E-state index contributed by atoms with van der Waals surface area (Å²) in [4.78, 5) is 31.6. The number of carbonyl (C=O) groups is 1. The zero-order valence-corrected chi connectivity index (χ0v) is 16.9. The van der Waals surface area contributed by atoms with Crippen molar-refractivity contribution in [3.63, 3.8) is 0 Å². The van der Waals surface area contributed by atoms with E-state index in [1.807, 2.05) is 42.5 Å². The molecule has 0 spiro atoms. The van der Waals surface area contributed by atoms with Crippen LogP contribution < -0.4 is 15.6 Å². The van der Waals surface area contributed by atoms with E-state index in [-0.39, 0.29) is 24.0 Å². The van der Waals surface area contributed by atoms with Crippen LogP contribution in [-0.2, 0) is 4.79 Å². The van der Waals surface area contributed by atoms with Crippen LogP contribution in [0.4, 0.5) is 5.82 Å². The third kappa shape index (κ3) is 3.93. The lowest BCUT2D eigenvalue weighted by molar-refractivity contribution is -0.118. The third-order valence-corrected chi connectivity index (χ3v) is 4.77. The fourth-order valence-corrected chi connectivity index (χ4v) is 3.07. The summed E-state index contributed by atoms with van der Waals surface area (Å²) in [5.74, 6) is 0.886. The fraction of sp³-hybridized carbons (Fsp3) is 0.182. The number of nitrogens with one attached hydrogen (secondary N) is 2. The highest BCUT2D eigenvalue weighted by Gasteiger charge is 2.14. The van der Waals surface area contributed by atoms with Crippen LogP contribution in [0.1, 0.15) is 17.0 Å². The van der Waals surface area contributed by atoms with Gasteiger partial charge in [-0.15, -0.1) is 0 Å². The molecule has 152 valence electrons. The second kappa shape index (κ2) is 7.82. The number of nitrogens with zero attached hydrogens (tertiary/aromatic N) is 3.